The number of nitrogens with zero attached hydrogens (tertiary/aromatic N) is 3. The lowest BCUT2D eigenvalue weighted by atomic mass is 10.1. The van der Waals surface area contributed by atoms with E-state index in [2.05, 4.69) is 14.3 Å². The van der Waals surface area contributed by atoms with Gasteiger partial charge in [0, 0.05) is 0 Å². The first-order valence-electron chi connectivity index (χ1n) is 11.9. The molecule has 9 nitrogen and oxygen atoms in total. The third-order valence-corrected chi connectivity index (χ3v) is 9.77. The Morgan fingerprint density at radius 3 is 1.84 bits per heavy atom. The molecule has 0 fully saturated rings. The highest BCUT2D eigenvalue weighted by Crippen LogP contribution is 2.40. The first-order chi connectivity index (χ1) is 20.1. The van der Waals surface area contributed by atoms with Crippen LogP contribution in [0.2, 0.25) is 0 Å². The molecule has 0 radical (unpaired) electrons. The highest BCUT2D eigenvalue weighted by molar-refractivity contribution is 7.97. The van der Waals surface area contributed by atoms with Crippen molar-refractivity contribution >= 4 is 49.5 Å². The number of fused-ring (bicyclic) bond motifs is 1. The number of benzene rings is 4. The number of para-hydroxylation sites is 2. The number of hydrogen-bond acceptors (Lipinski definition) is 8. The van der Waals surface area contributed by atoms with Crippen LogP contribution in [0.15, 0.2) is 91.0 Å². The van der Waals surface area contributed by atoms with Crippen LogP contribution < -0.4 is 8.37 Å². The molecule has 0 bridgehead atoms. The Balaban J connectivity index is 1.73. The molecule has 43 heavy (non-hydrogen) atoms. The third-order valence-electron chi connectivity index (χ3n) is 5.91. The van der Waals surface area contributed by atoms with Gasteiger partial charge in [0.2, 0.25) is 0 Å². The van der Waals surface area contributed by atoms with E-state index in [1.54, 1.807) is 24.3 Å². The summed E-state index contributed by atoms with van der Waals surface area (Å²) in [5.74, 6) is -1.38. The second kappa shape index (κ2) is 11.1. The van der Waals surface area contributed by atoms with E-state index < -0.39 is 36.0 Å². The number of hydrogen-bond donors (Lipinski definition) is 0. The fourth-order valence-corrected chi connectivity index (χ4v) is 5.16. The summed E-state index contributed by atoms with van der Waals surface area (Å²) in [5, 5.41) is 6.09. The monoisotopic (exact) mass is 671 g/mol. The molecule has 5 rings (SSSR count). The molecule has 2 atom stereocenters. The molecule has 4 aromatic carbocycles. The standard InChI is InChI=1S/C26H19F4N3O6P2S2/c27-25(28,29)42(34,35)38-21-11-5-3-9-19(21)23-31-24(20-10-4-6-12-22(20)39-43(36,37)26(30,40)41)33(32-23)18-14-13-16-7-1-2-8-17(16)15-18/h1-15H,40-41H2. The molecule has 0 saturated carbocycles. The van der Waals surface area contributed by atoms with Crippen molar-refractivity contribution in [1.82, 2.24) is 14.8 Å². The first-order valence-corrected chi connectivity index (χ1v) is 15.9. The Bertz CT molecular complexity index is 2070. The predicted molar refractivity (Wildman–Crippen MR) is 158 cm³/mol. The SMILES string of the molecule is O=S(=O)(Oc1ccccc1-c1nc(-c2ccccc2OS(=O)(=O)C(F)(P)P)n(-c2ccc3ccccc3c2)n1)C(F)(F)F. The van der Waals surface area contributed by atoms with Gasteiger partial charge in [0.25, 0.3) is 4.48 Å². The van der Waals surface area contributed by atoms with Gasteiger partial charge in [-0.15, -0.1) is 5.10 Å². The van der Waals surface area contributed by atoms with Gasteiger partial charge in [0.15, 0.2) is 23.1 Å². The van der Waals surface area contributed by atoms with Crippen LogP contribution in [0.3, 0.4) is 0 Å². The Morgan fingerprint density at radius 2 is 1.21 bits per heavy atom. The Kier molecular flexibility index (Phi) is 7.97. The quantitative estimate of drug-likeness (QED) is 0.0851. The molecule has 0 amide bonds. The summed E-state index contributed by atoms with van der Waals surface area (Å²) >= 11 is 0. The van der Waals surface area contributed by atoms with Crippen LogP contribution in [0.1, 0.15) is 0 Å². The largest absolute Gasteiger partial charge is 0.534 e. The maximum Gasteiger partial charge on any atom is 0.534 e. The maximum absolute atomic E-state index is 14.4. The Hall–Kier alpha value is -3.64. The molecule has 1 heterocycles. The molecular weight excluding hydrogens is 652 g/mol. The highest BCUT2D eigenvalue weighted by atomic mass is 32.2. The van der Waals surface area contributed by atoms with E-state index in [-0.39, 0.29) is 28.5 Å². The van der Waals surface area contributed by atoms with Gasteiger partial charge in [-0.2, -0.15) is 30.0 Å². The van der Waals surface area contributed by atoms with Gasteiger partial charge in [-0.25, -0.2) is 14.1 Å². The zero-order valence-corrected chi connectivity index (χ0v) is 25.4. The maximum atomic E-state index is 14.4. The predicted octanol–water partition coefficient (Wildman–Crippen LogP) is 6.02. The van der Waals surface area contributed by atoms with E-state index in [9.17, 15) is 34.4 Å². The second-order valence-electron chi connectivity index (χ2n) is 8.91. The molecule has 0 spiro atoms. The van der Waals surface area contributed by atoms with Crippen molar-refractivity contribution in [3.8, 4) is 40.0 Å². The van der Waals surface area contributed by atoms with Crippen molar-refractivity contribution in [2.75, 3.05) is 0 Å². The Labute approximate surface area is 247 Å². The number of aromatic nitrogens is 3. The molecule has 2 unspecified atom stereocenters. The van der Waals surface area contributed by atoms with E-state index >= 15 is 0 Å². The van der Waals surface area contributed by atoms with E-state index in [0.29, 0.717) is 5.69 Å². The molecule has 0 aliphatic carbocycles. The fourth-order valence-electron chi connectivity index (χ4n) is 3.88. The minimum Gasteiger partial charge on any atom is -0.379 e. The number of rotatable bonds is 8. The summed E-state index contributed by atoms with van der Waals surface area (Å²) in [6, 6.07) is 23.0. The van der Waals surface area contributed by atoms with Crippen LogP contribution in [-0.2, 0) is 20.2 Å². The lowest BCUT2D eigenvalue weighted by molar-refractivity contribution is -0.0499. The fraction of sp³-hybridized carbons (Fsp3) is 0.0769. The van der Waals surface area contributed by atoms with E-state index in [0.717, 1.165) is 16.8 Å². The lowest BCUT2D eigenvalue weighted by Crippen LogP contribution is -2.28. The second-order valence-corrected chi connectivity index (χ2v) is 15.3. The van der Waals surface area contributed by atoms with Gasteiger partial charge >= 0.3 is 25.7 Å². The highest BCUT2D eigenvalue weighted by Gasteiger charge is 2.49. The van der Waals surface area contributed by atoms with Crippen molar-refractivity contribution in [3.63, 3.8) is 0 Å². The zero-order chi connectivity index (χ0) is 31.2. The molecular formula is C26H19F4N3O6P2S2. The average molecular weight is 672 g/mol. The normalized spacial score (nSPS) is 12.8. The number of alkyl halides is 4. The van der Waals surface area contributed by atoms with E-state index in [1.807, 2.05) is 18.2 Å². The summed E-state index contributed by atoms with van der Waals surface area (Å²) in [7, 11) is -7.91. The molecule has 0 aliphatic heterocycles. The molecule has 224 valence electrons. The zero-order valence-electron chi connectivity index (χ0n) is 21.4. The van der Waals surface area contributed by atoms with Crippen LogP contribution in [0, 0.1) is 0 Å². The molecule has 0 saturated heterocycles. The van der Waals surface area contributed by atoms with Gasteiger partial charge in [0.1, 0.15) is 0 Å². The van der Waals surface area contributed by atoms with Crippen LogP contribution in [-0.4, -0.2) is 41.6 Å². The number of halogens is 4. The lowest BCUT2D eigenvalue weighted by Gasteiger charge is -2.17. The summed E-state index contributed by atoms with van der Waals surface area (Å²) in [4.78, 5) is 4.43. The summed E-state index contributed by atoms with van der Waals surface area (Å²) in [6.07, 6.45) is 0. The molecule has 17 heteroatoms. The van der Waals surface area contributed by atoms with Crippen LogP contribution in [0.25, 0.3) is 39.2 Å². The summed E-state index contributed by atoms with van der Waals surface area (Å²) in [5.41, 5.74) is -5.52. The average Bonchev–Trinajstić information content (AvgIpc) is 3.37. The van der Waals surface area contributed by atoms with Crippen molar-refractivity contribution in [1.29, 1.82) is 0 Å². The van der Waals surface area contributed by atoms with Crippen LogP contribution >= 0.6 is 18.5 Å². The van der Waals surface area contributed by atoms with Crippen molar-refractivity contribution in [2.45, 2.75) is 9.99 Å². The van der Waals surface area contributed by atoms with Crippen LogP contribution in [0.4, 0.5) is 17.6 Å². The molecule has 0 N–H and O–H groups in total. The van der Waals surface area contributed by atoms with Crippen LogP contribution in [0.5, 0.6) is 11.5 Å². The molecule has 5 aromatic rings. The minimum atomic E-state index is -6.04. The van der Waals surface area contributed by atoms with E-state index in [1.165, 1.54) is 65.6 Å². The van der Waals surface area contributed by atoms with Crippen molar-refractivity contribution in [2.24, 2.45) is 0 Å². The molecule has 1 aromatic heterocycles. The minimum absolute atomic E-state index is 0.0125. The van der Waals surface area contributed by atoms with E-state index in [4.69, 9.17) is 4.18 Å². The van der Waals surface area contributed by atoms with Crippen molar-refractivity contribution in [3.05, 3.63) is 91.0 Å². The first kappa shape index (κ1) is 30.8. The van der Waals surface area contributed by atoms with Gasteiger partial charge < -0.3 is 8.37 Å². The summed E-state index contributed by atoms with van der Waals surface area (Å²) < 4.78 is 110. The summed E-state index contributed by atoms with van der Waals surface area (Å²) in [6.45, 7) is 0. The van der Waals surface area contributed by atoms with Gasteiger partial charge in [-0.3, -0.25) is 0 Å². The topological polar surface area (TPSA) is 117 Å². The van der Waals surface area contributed by atoms with Crippen molar-refractivity contribution < 1.29 is 42.8 Å². The smallest absolute Gasteiger partial charge is 0.379 e. The van der Waals surface area contributed by atoms with Gasteiger partial charge in [-0.05, 0) is 47.2 Å². The van der Waals surface area contributed by atoms with Gasteiger partial charge in [0.05, 0.1) is 16.8 Å². The molecule has 0 aliphatic rings. The Morgan fingerprint density at radius 1 is 0.674 bits per heavy atom. The third kappa shape index (κ3) is 6.21. The van der Waals surface area contributed by atoms with Gasteiger partial charge in [-0.1, -0.05) is 73.1 Å².